The minimum atomic E-state index is 0. The molecule has 1 aliphatic heterocycles. The summed E-state index contributed by atoms with van der Waals surface area (Å²) in [6.45, 7) is 6.79. The smallest absolute Gasteiger partial charge is 0.156 e. The summed E-state index contributed by atoms with van der Waals surface area (Å²) in [6, 6.07) is 7.92. The average molecular weight is 389 g/mol. The Morgan fingerprint density at radius 1 is 1.27 bits per heavy atom. The second-order valence-electron chi connectivity index (χ2n) is 5.62. The molecule has 0 amide bonds. The summed E-state index contributed by atoms with van der Waals surface area (Å²) in [5, 5.41) is 0. The van der Waals surface area contributed by atoms with Crippen molar-refractivity contribution in [2.45, 2.75) is 32.5 Å². The van der Waals surface area contributed by atoms with Crippen molar-refractivity contribution in [1.82, 2.24) is 4.90 Å². The molecule has 0 spiro atoms. The van der Waals surface area contributed by atoms with Crippen LogP contribution in [0, 0.1) is 0 Å². The lowest BCUT2D eigenvalue weighted by Crippen LogP contribution is -2.45. The summed E-state index contributed by atoms with van der Waals surface area (Å²) >= 11 is 3.40. The molecule has 1 fully saturated rings. The van der Waals surface area contributed by atoms with Crippen molar-refractivity contribution >= 4 is 40.2 Å². The zero-order valence-corrected chi connectivity index (χ0v) is 15.4. The number of hydrogen-bond donors (Lipinski definition) is 0. The molecule has 5 heteroatoms. The quantitative estimate of drug-likeness (QED) is 0.715. The van der Waals surface area contributed by atoms with Gasteiger partial charge in [-0.1, -0.05) is 34.1 Å². The average Bonchev–Trinajstić information content (AvgIpc) is 2.43. The van der Waals surface area contributed by atoms with E-state index in [0.717, 1.165) is 29.7 Å². The number of ether oxygens (including phenoxy) is 1. The topological polar surface area (TPSA) is 29.5 Å². The van der Waals surface area contributed by atoms with Crippen LogP contribution in [0.15, 0.2) is 34.8 Å². The zero-order valence-electron chi connectivity index (χ0n) is 13.0. The lowest BCUT2D eigenvalue weighted by Gasteiger charge is -2.35. The van der Waals surface area contributed by atoms with Gasteiger partial charge in [0.1, 0.15) is 0 Å². The van der Waals surface area contributed by atoms with Gasteiger partial charge in [0.25, 0.3) is 0 Å². The van der Waals surface area contributed by atoms with Gasteiger partial charge in [-0.25, -0.2) is 0 Å². The molecular weight excluding hydrogens is 366 g/mol. The van der Waals surface area contributed by atoms with Gasteiger partial charge in [0.2, 0.25) is 0 Å². The summed E-state index contributed by atoms with van der Waals surface area (Å²) in [6.07, 6.45) is 4.62. The summed E-state index contributed by atoms with van der Waals surface area (Å²) in [5.41, 5.74) is 1.04. The number of hydrogen-bond acceptors (Lipinski definition) is 3. The first-order chi connectivity index (χ1) is 10.0. The van der Waals surface area contributed by atoms with Crippen molar-refractivity contribution in [3.05, 3.63) is 40.4 Å². The molecule has 2 rings (SSSR count). The third-order valence-corrected chi connectivity index (χ3v) is 4.03. The lowest BCUT2D eigenvalue weighted by atomic mass is 10.1. The van der Waals surface area contributed by atoms with Crippen LogP contribution in [-0.2, 0) is 9.53 Å². The molecule has 0 radical (unpaired) electrons. The van der Waals surface area contributed by atoms with E-state index in [2.05, 4.69) is 34.7 Å². The second kappa shape index (κ2) is 9.46. The number of carbonyl (C=O) groups is 1. The highest BCUT2D eigenvalue weighted by Crippen LogP contribution is 2.13. The molecule has 3 nitrogen and oxygen atoms in total. The molecule has 0 aromatic heterocycles. The summed E-state index contributed by atoms with van der Waals surface area (Å²) in [5.74, 6) is 0.171. The van der Waals surface area contributed by atoms with E-state index in [1.54, 1.807) is 6.08 Å². The Balaban J connectivity index is 0.00000242. The summed E-state index contributed by atoms with van der Waals surface area (Å²) < 4.78 is 6.74. The third kappa shape index (κ3) is 6.61. The fraction of sp³-hybridized carbons (Fsp3) is 0.471. The van der Waals surface area contributed by atoms with E-state index < -0.39 is 0 Å². The number of carbonyl (C=O) groups excluding carboxylic acids is 1. The van der Waals surface area contributed by atoms with Gasteiger partial charge in [0, 0.05) is 30.5 Å². The van der Waals surface area contributed by atoms with Crippen LogP contribution in [-0.4, -0.2) is 42.5 Å². The highest BCUT2D eigenvalue weighted by atomic mass is 79.9. The van der Waals surface area contributed by atoms with Crippen molar-refractivity contribution in [3.63, 3.8) is 0 Å². The first-order valence-corrected chi connectivity index (χ1v) is 8.16. The Hall–Kier alpha value is -0.680. The van der Waals surface area contributed by atoms with Crippen LogP contribution >= 0.6 is 28.3 Å². The van der Waals surface area contributed by atoms with Crippen LogP contribution in [0.3, 0.4) is 0 Å². The molecule has 1 aromatic rings. The van der Waals surface area contributed by atoms with Crippen LogP contribution in [0.1, 0.15) is 25.8 Å². The van der Waals surface area contributed by atoms with Crippen LogP contribution in [0.2, 0.25) is 0 Å². The maximum atomic E-state index is 11.9. The minimum Gasteiger partial charge on any atom is -0.373 e. The SMILES string of the molecule is CC1CN(CCC(=O)C=Cc2ccc(Br)cc2)CC(C)O1.Cl. The maximum Gasteiger partial charge on any atom is 0.156 e. The number of nitrogens with zero attached hydrogens (tertiary/aromatic N) is 1. The van der Waals surface area contributed by atoms with Crippen LogP contribution in [0.4, 0.5) is 0 Å². The van der Waals surface area contributed by atoms with E-state index in [1.807, 2.05) is 30.3 Å². The van der Waals surface area contributed by atoms with Crippen molar-refractivity contribution in [2.24, 2.45) is 0 Å². The van der Waals surface area contributed by atoms with Gasteiger partial charge in [-0.05, 0) is 37.6 Å². The molecule has 0 saturated carbocycles. The molecule has 0 bridgehead atoms. The molecular formula is C17H23BrClNO2. The van der Waals surface area contributed by atoms with E-state index in [9.17, 15) is 4.79 Å². The van der Waals surface area contributed by atoms with Gasteiger partial charge in [-0.15, -0.1) is 12.4 Å². The first-order valence-electron chi connectivity index (χ1n) is 7.37. The largest absolute Gasteiger partial charge is 0.373 e. The summed E-state index contributed by atoms with van der Waals surface area (Å²) in [7, 11) is 0. The van der Waals surface area contributed by atoms with Crippen molar-refractivity contribution in [2.75, 3.05) is 19.6 Å². The summed E-state index contributed by atoms with van der Waals surface area (Å²) in [4.78, 5) is 14.2. The lowest BCUT2D eigenvalue weighted by molar-refractivity contribution is -0.116. The number of allylic oxidation sites excluding steroid dienone is 1. The predicted octanol–water partition coefficient (Wildman–Crippen LogP) is 3.95. The highest BCUT2D eigenvalue weighted by Gasteiger charge is 2.21. The molecule has 1 aromatic carbocycles. The molecule has 1 saturated heterocycles. The van der Waals surface area contributed by atoms with Gasteiger partial charge in [0.05, 0.1) is 12.2 Å². The molecule has 2 unspecified atom stereocenters. The van der Waals surface area contributed by atoms with Crippen LogP contribution in [0.25, 0.3) is 6.08 Å². The third-order valence-electron chi connectivity index (χ3n) is 3.50. The Kier molecular flexibility index (Phi) is 8.33. The molecule has 0 N–H and O–H groups in total. The van der Waals surface area contributed by atoms with E-state index in [0.29, 0.717) is 6.42 Å². The van der Waals surface area contributed by atoms with Crippen molar-refractivity contribution in [3.8, 4) is 0 Å². The van der Waals surface area contributed by atoms with Gasteiger partial charge >= 0.3 is 0 Å². The normalized spacial score (nSPS) is 22.5. The molecule has 1 heterocycles. The standard InChI is InChI=1S/C17H22BrNO2.ClH/c1-13-11-19(12-14(2)21-13)10-9-17(20)8-5-15-3-6-16(18)7-4-15;/h3-8,13-14H,9-12H2,1-2H3;1H. The zero-order chi connectivity index (χ0) is 15.2. The Morgan fingerprint density at radius 3 is 2.45 bits per heavy atom. The fourth-order valence-electron chi connectivity index (χ4n) is 2.58. The monoisotopic (exact) mass is 387 g/mol. The van der Waals surface area contributed by atoms with Crippen molar-refractivity contribution in [1.29, 1.82) is 0 Å². The second-order valence-corrected chi connectivity index (χ2v) is 6.53. The number of benzene rings is 1. The molecule has 122 valence electrons. The van der Waals surface area contributed by atoms with Crippen molar-refractivity contribution < 1.29 is 9.53 Å². The molecule has 2 atom stereocenters. The number of rotatable bonds is 5. The van der Waals surface area contributed by atoms with Gasteiger partial charge in [0.15, 0.2) is 5.78 Å². The number of halogens is 2. The fourth-order valence-corrected chi connectivity index (χ4v) is 2.85. The first kappa shape index (κ1) is 19.4. The Morgan fingerprint density at radius 2 is 1.86 bits per heavy atom. The Labute approximate surface area is 147 Å². The number of ketones is 1. The number of morpholine rings is 1. The predicted molar refractivity (Wildman–Crippen MR) is 96.5 cm³/mol. The van der Waals surface area contributed by atoms with Crippen LogP contribution < -0.4 is 0 Å². The van der Waals surface area contributed by atoms with E-state index in [-0.39, 0.29) is 30.4 Å². The van der Waals surface area contributed by atoms with E-state index in [4.69, 9.17) is 4.74 Å². The van der Waals surface area contributed by atoms with E-state index >= 15 is 0 Å². The van der Waals surface area contributed by atoms with Gasteiger partial charge in [-0.2, -0.15) is 0 Å². The highest BCUT2D eigenvalue weighted by molar-refractivity contribution is 9.10. The van der Waals surface area contributed by atoms with E-state index in [1.165, 1.54) is 0 Å². The molecule has 1 aliphatic rings. The molecule has 0 aliphatic carbocycles. The Bertz CT molecular complexity index is 494. The van der Waals surface area contributed by atoms with Crippen LogP contribution in [0.5, 0.6) is 0 Å². The maximum absolute atomic E-state index is 11.9. The van der Waals surface area contributed by atoms with Gasteiger partial charge < -0.3 is 4.74 Å². The van der Waals surface area contributed by atoms with Gasteiger partial charge in [-0.3, -0.25) is 9.69 Å². The molecule has 22 heavy (non-hydrogen) atoms. The minimum absolute atomic E-state index is 0.